The van der Waals surface area contributed by atoms with Crippen LogP contribution in [0.2, 0.25) is 0 Å². The molecule has 0 aliphatic carbocycles. The molecule has 4 rings (SSSR count). The van der Waals surface area contributed by atoms with Gasteiger partial charge < -0.3 is 4.74 Å². The number of carbonyl (C=O) groups excluding carboxylic acids is 1. The Morgan fingerprint density at radius 1 is 1.10 bits per heavy atom. The molecule has 4 aromatic rings. The molecule has 0 spiro atoms. The molecule has 2 aromatic carbocycles. The molecular formula is C22H18FN3O2S2. The lowest BCUT2D eigenvalue weighted by atomic mass is 10.1. The van der Waals surface area contributed by atoms with E-state index in [1.807, 2.05) is 53.3 Å². The lowest BCUT2D eigenvalue weighted by Gasteiger charge is -2.10. The molecule has 0 bridgehead atoms. The van der Waals surface area contributed by atoms with Crippen molar-refractivity contribution < 1.29 is 13.9 Å². The summed E-state index contributed by atoms with van der Waals surface area (Å²) >= 11 is 2.87. The van der Waals surface area contributed by atoms with E-state index in [0.717, 1.165) is 16.3 Å². The third-order valence-corrected chi connectivity index (χ3v) is 6.07. The maximum Gasteiger partial charge on any atom is 0.196 e. The fourth-order valence-corrected chi connectivity index (χ4v) is 4.41. The Bertz CT molecular complexity index is 1120. The van der Waals surface area contributed by atoms with Gasteiger partial charge in [0.1, 0.15) is 11.6 Å². The number of rotatable bonds is 8. The van der Waals surface area contributed by atoms with E-state index in [1.165, 1.54) is 36.0 Å². The highest BCUT2D eigenvalue weighted by molar-refractivity contribution is 7.99. The van der Waals surface area contributed by atoms with Crippen molar-refractivity contribution in [2.24, 2.45) is 0 Å². The highest BCUT2D eigenvalue weighted by atomic mass is 32.2. The molecule has 30 heavy (non-hydrogen) atoms. The van der Waals surface area contributed by atoms with Crippen molar-refractivity contribution in [2.75, 3.05) is 12.4 Å². The summed E-state index contributed by atoms with van der Waals surface area (Å²) in [5, 5.41) is 11.3. The van der Waals surface area contributed by atoms with Crippen molar-refractivity contribution in [1.29, 1.82) is 0 Å². The molecule has 5 nitrogen and oxygen atoms in total. The number of nitrogens with zero attached hydrogens (tertiary/aromatic N) is 3. The summed E-state index contributed by atoms with van der Waals surface area (Å²) in [4.78, 5) is 13.5. The van der Waals surface area contributed by atoms with Gasteiger partial charge >= 0.3 is 0 Å². The lowest BCUT2D eigenvalue weighted by Crippen LogP contribution is -2.05. The first-order chi connectivity index (χ1) is 14.7. The van der Waals surface area contributed by atoms with E-state index in [0.29, 0.717) is 23.2 Å². The summed E-state index contributed by atoms with van der Waals surface area (Å²) in [6, 6.07) is 17.2. The Morgan fingerprint density at radius 2 is 1.87 bits per heavy atom. The minimum Gasteiger partial charge on any atom is -0.494 e. The number of halogens is 1. The number of ketones is 1. The Balaban J connectivity index is 1.63. The van der Waals surface area contributed by atoms with E-state index in [9.17, 15) is 9.18 Å². The number of hydrogen-bond donors (Lipinski definition) is 0. The van der Waals surface area contributed by atoms with E-state index >= 15 is 0 Å². The molecule has 2 aromatic heterocycles. The normalized spacial score (nSPS) is 10.9. The van der Waals surface area contributed by atoms with Crippen LogP contribution in [0.15, 0.2) is 71.2 Å². The van der Waals surface area contributed by atoms with Gasteiger partial charge in [0.05, 0.1) is 22.9 Å². The number of aromatic nitrogens is 3. The van der Waals surface area contributed by atoms with Crippen LogP contribution in [-0.2, 0) is 0 Å². The van der Waals surface area contributed by atoms with Crippen LogP contribution < -0.4 is 4.74 Å². The fourth-order valence-electron chi connectivity index (χ4n) is 2.87. The molecule has 0 saturated carbocycles. The minimum absolute atomic E-state index is 0.0982. The third kappa shape index (κ3) is 4.44. The van der Waals surface area contributed by atoms with Crippen molar-refractivity contribution >= 4 is 28.9 Å². The van der Waals surface area contributed by atoms with Crippen LogP contribution in [-0.4, -0.2) is 32.9 Å². The second-order valence-corrected chi connectivity index (χ2v) is 8.15. The van der Waals surface area contributed by atoms with E-state index in [4.69, 9.17) is 4.74 Å². The van der Waals surface area contributed by atoms with Crippen molar-refractivity contribution in [3.05, 3.63) is 77.4 Å². The number of carbonyl (C=O) groups is 1. The summed E-state index contributed by atoms with van der Waals surface area (Å²) in [7, 11) is 0. The molecule has 0 unspecified atom stereocenters. The van der Waals surface area contributed by atoms with Gasteiger partial charge in [0.25, 0.3) is 0 Å². The molecular weight excluding hydrogens is 421 g/mol. The van der Waals surface area contributed by atoms with E-state index in [2.05, 4.69) is 10.2 Å². The number of benzene rings is 2. The number of ether oxygens (including phenoxy) is 1. The van der Waals surface area contributed by atoms with Gasteiger partial charge in [-0.3, -0.25) is 9.36 Å². The Hall–Kier alpha value is -2.97. The van der Waals surface area contributed by atoms with Gasteiger partial charge in [-0.25, -0.2) is 4.39 Å². The standard InChI is InChI=1S/C22H18FN3O2S2/c1-2-28-18-11-9-17(10-12-18)26-21(20-4-3-13-29-20)24-25-22(26)30-14-19(27)15-5-7-16(23)8-6-15/h3-13H,2,14H2,1H3. The van der Waals surface area contributed by atoms with Crippen LogP contribution >= 0.6 is 23.1 Å². The Kier molecular flexibility index (Phi) is 6.25. The smallest absolute Gasteiger partial charge is 0.196 e. The Labute approximate surface area is 181 Å². The first-order valence-electron chi connectivity index (χ1n) is 9.30. The van der Waals surface area contributed by atoms with Gasteiger partial charge in [-0.05, 0) is 66.9 Å². The van der Waals surface area contributed by atoms with Crippen LogP contribution in [0.5, 0.6) is 5.75 Å². The van der Waals surface area contributed by atoms with Crippen molar-refractivity contribution in [1.82, 2.24) is 14.8 Å². The van der Waals surface area contributed by atoms with Gasteiger partial charge in [-0.1, -0.05) is 17.8 Å². The molecule has 0 saturated heterocycles. The molecule has 2 heterocycles. The van der Waals surface area contributed by atoms with Gasteiger partial charge in [-0.15, -0.1) is 21.5 Å². The van der Waals surface area contributed by atoms with Crippen LogP contribution in [0.3, 0.4) is 0 Å². The third-order valence-electron chi connectivity index (χ3n) is 4.28. The summed E-state index contributed by atoms with van der Waals surface area (Å²) < 4.78 is 20.6. The Morgan fingerprint density at radius 3 is 2.53 bits per heavy atom. The largest absolute Gasteiger partial charge is 0.494 e. The van der Waals surface area contributed by atoms with Crippen molar-refractivity contribution in [2.45, 2.75) is 12.1 Å². The van der Waals surface area contributed by atoms with Crippen LogP contribution in [0.1, 0.15) is 17.3 Å². The summed E-state index contributed by atoms with van der Waals surface area (Å²) in [6.07, 6.45) is 0. The summed E-state index contributed by atoms with van der Waals surface area (Å²) in [5.41, 5.74) is 1.35. The molecule has 0 N–H and O–H groups in total. The molecule has 0 radical (unpaired) electrons. The first kappa shape index (κ1) is 20.3. The van der Waals surface area contributed by atoms with Crippen LogP contribution in [0.25, 0.3) is 16.4 Å². The highest BCUT2D eigenvalue weighted by Gasteiger charge is 2.18. The molecule has 152 valence electrons. The lowest BCUT2D eigenvalue weighted by molar-refractivity contribution is 0.102. The van der Waals surface area contributed by atoms with Gasteiger partial charge in [0.15, 0.2) is 16.8 Å². The monoisotopic (exact) mass is 439 g/mol. The summed E-state index contributed by atoms with van der Waals surface area (Å²) in [6.45, 7) is 2.54. The average Bonchev–Trinajstić information content (AvgIpc) is 3.43. The zero-order valence-corrected chi connectivity index (χ0v) is 17.8. The van der Waals surface area contributed by atoms with Gasteiger partial charge in [-0.2, -0.15) is 0 Å². The van der Waals surface area contributed by atoms with Crippen LogP contribution in [0, 0.1) is 5.82 Å². The molecule has 0 aliphatic heterocycles. The molecule has 0 amide bonds. The number of Topliss-reactive ketones (excluding diaryl/α,β-unsaturated/α-hetero) is 1. The van der Waals surface area contributed by atoms with Crippen molar-refractivity contribution in [3.63, 3.8) is 0 Å². The number of thiophene rings is 1. The quantitative estimate of drug-likeness (QED) is 0.268. The number of hydrogen-bond acceptors (Lipinski definition) is 6. The fraction of sp³-hybridized carbons (Fsp3) is 0.136. The van der Waals surface area contributed by atoms with Crippen LogP contribution in [0.4, 0.5) is 4.39 Å². The molecule has 0 fully saturated rings. The molecule has 0 atom stereocenters. The summed E-state index contributed by atoms with van der Waals surface area (Å²) in [5.74, 6) is 1.21. The van der Waals surface area contributed by atoms with Gasteiger partial charge in [0.2, 0.25) is 0 Å². The zero-order valence-electron chi connectivity index (χ0n) is 16.1. The highest BCUT2D eigenvalue weighted by Crippen LogP contribution is 2.31. The maximum atomic E-state index is 13.1. The van der Waals surface area contributed by atoms with Crippen molar-refractivity contribution in [3.8, 4) is 22.1 Å². The topological polar surface area (TPSA) is 57.0 Å². The average molecular weight is 440 g/mol. The second-order valence-electron chi connectivity index (χ2n) is 6.26. The zero-order chi connectivity index (χ0) is 20.9. The first-order valence-corrected chi connectivity index (χ1v) is 11.2. The maximum absolute atomic E-state index is 13.1. The van der Waals surface area contributed by atoms with E-state index in [-0.39, 0.29) is 17.4 Å². The SMILES string of the molecule is CCOc1ccc(-n2c(SCC(=O)c3ccc(F)cc3)nnc2-c2cccs2)cc1. The predicted molar refractivity (Wildman–Crippen MR) is 117 cm³/mol. The molecule has 8 heteroatoms. The van der Waals surface area contributed by atoms with Gasteiger partial charge in [0, 0.05) is 5.56 Å². The predicted octanol–water partition coefficient (Wildman–Crippen LogP) is 5.51. The molecule has 0 aliphatic rings. The van der Waals surface area contributed by atoms with E-state index < -0.39 is 0 Å². The second kappa shape index (κ2) is 9.23. The number of thioether (sulfide) groups is 1. The minimum atomic E-state index is -0.366. The van der Waals surface area contributed by atoms with E-state index in [1.54, 1.807) is 11.3 Å².